The standard InChI is InChI=1S/C22H18F3N5O3/c1-3-33-17-7-5-4-6-14(17)20(31)29-18-11-27-19(12-26-18)30-16-9-8-13(32-2)10-15(16)28-21(30)22(23,24)25/h4-12H,3H2,1-2H3,(H,26,29,31). The first-order valence-electron chi connectivity index (χ1n) is 9.81. The van der Waals surface area contributed by atoms with Crippen LogP contribution in [0.25, 0.3) is 16.9 Å². The fourth-order valence-corrected chi connectivity index (χ4v) is 3.23. The highest BCUT2D eigenvalue weighted by Gasteiger charge is 2.38. The zero-order valence-corrected chi connectivity index (χ0v) is 17.6. The Morgan fingerprint density at radius 1 is 1.12 bits per heavy atom. The molecule has 8 nitrogen and oxygen atoms in total. The van der Waals surface area contributed by atoms with E-state index in [1.807, 2.05) is 0 Å². The minimum absolute atomic E-state index is 0.0645. The second-order valence-corrected chi connectivity index (χ2v) is 6.77. The fraction of sp³-hybridized carbons (Fsp3) is 0.182. The third-order valence-electron chi connectivity index (χ3n) is 4.66. The van der Waals surface area contributed by atoms with Gasteiger partial charge in [-0.25, -0.2) is 15.0 Å². The molecule has 0 aliphatic heterocycles. The van der Waals surface area contributed by atoms with Crippen molar-refractivity contribution in [3.63, 3.8) is 0 Å². The average molecular weight is 457 g/mol. The molecule has 0 spiro atoms. The van der Waals surface area contributed by atoms with Crippen LogP contribution >= 0.6 is 0 Å². The van der Waals surface area contributed by atoms with Gasteiger partial charge < -0.3 is 14.8 Å². The van der Waals surface area contributed by atoms with Gasteiger partial charge in [-0.15, -0.1) is 0 Å². The summed E-state index contributed by atoms with van der Waals surface area (Å²) in [5.74, 6) is -0.910. The number of amides is 1. The zero-order valence-electron chi connectivity index (χ0n) is 17.6. The summed E-state index contributed by atoms with van der Waals surface area (Å²) in [4.78, 5) is 24.5. The normalized spacial score (nSPS) is 11.4. The summed E-state index contributed by atoms with van der Waals surface area (Å²) in [6.07, 6.45) is -2.43. The molecule has 2 heterocycles. The van der Waals surface area contributed by atoms with E-state index in [9.17, 15) is 18.0 Å². The van der Waals surface area contributed by atoms with E-state index in [2.05, 4.69) is 20.3 Å². The Kier molecular flexibility index (Phi) is 5.86. The summed E-state index contributed by atoms with van der Waals surface area (Å²) in [5, 5.41) is 2.57. The van der Waals surface area contributed by atoms with Gasteiger partial charge in [0, 0.05) is 6.07 Å². The van der Waals surface area contributed by atoms with Crippen molar-refractivity contribution < 1.29 is 27.4 Å². The molecular weight excluding hydrogens is 439 g/mol. The van der Waals surface area contributed by atoms with Gasteiger partial charge in [-0.3, -0.25) is 9.36 Å². The number of methoxy groups -OCH3 is 1. The maximum atomic E-state index is 13.7. The van der Waals surface area contributed by atoms with Gasteiger partial charge >= 0.3 is 6.18 Å². The Bertz CT molecular complexity index is 1300. The number of halogens is 3. The first kappa shape index (κ1) is 22.1. The van der Waals surface area contributed by atoms with E-state index in [4.69, 9.17) is 9.47 Å². The van der Waals surface area contributed by atoms with Crippen molar-refractivity contribution >= 4 is 22.8 Å². The number of imidazole rings is 1. The first-order valence-corrected chi connectivity index (χ1v) is 9.81. The molecule has 0 fully saturated rings. The van der Waals surface area contributed by atoms with Crippen molar-refractivity contribution in [2.45, 2.75) is 13.1 Å². The summed E-state index contributed by atoms with van der Waals surface area (Å²) in [7, 11) is 1.41. The monoisotopic (exact) mass is 457 g/mol. The summed E-state index contributed by atoms with van der Waals surface area (Å²) >= 11 is 0. The van der Waals surface area contributed by atoms with Crippen LogP contribution in [-0.2, 0) is 6.18 Å². The van der Waals surface area contributed by atoms with Gasteiger partial charge in [0.25, 0.3) is 5.91 Å². The zero-order chi connectivity index (χ0) is 23.6. The molecule has 11 heteroatoms. The predicted octanol–water partition coefficient (Wildman–Crippen LogP) is 4.49. The van der Waals surface area contributed by atoms with E-state index < -0.39 is 17.9 Å². The number of benzene rings is 2. The van der Waals surface area contributed by atoms with E-state index in [0.717, 1.165) is 10.8 Å². The third-order valence-corrected chi connectivity index (χ3v) is 4.66. The van der Waals surface area contributed by atoms with Crippen LogP contribution in [0.3, 0.4) is 0 Å². The molecule has 0 radical (unpaired) electrons. The molecule has 0 bridgehead atoms. The predicted molar refractivity (Wildman–Crippen MR) is 114 cm³/mol. The molecule has 4 rings (SSSR count). The number of para-hydroxylation sites is 1. The second kappa shape index (κ2) is 8.77. The molecule has 0 aliphatic rings. The van der Waals surface area contributed by atoms with Crippen LogP contribution in [0.4, 0.5) is 19.0 Å². The summed E-state index contributed by atoms with van der Waals surface area (Å²) in [5.41, 5.74) is 0.562. The number of nitrogens with zero attached hydrogens (tertiary/aromatic N) is 4. The third kappa shape index (κ3) is 4.43. The fourth-order valence-electron chi connectivity index (χ4n) is 3.23. The quantitative estimate of drug-likeness (QED) is 0.459. The number of carbonyl (C=O) groups is 1. The van der Waals surface area contributed by atoms with E-state index in [1.165, 1.54) is 31.5 Å². The van der Waals surface area contributed by atoms with E-state index in [-0.39, 0.29) is 22.7 Å². The molecule has 1 N–H and O–H groups in total. The number of hydrogen-bond donors (Lipinski definition) is 1. The lowest BCUT2D eigenvalue weighted by Gasteiger charge is -2.12. The van der Waals surface area contributed by atoms with Gasteiger partial charge in [0.2, 0.25) is 5.82 Å². The lowest BCUT2D eigenvalue weighted by Crippen LogP contribution is -2.16. The second-order valence-electron chi connectivity index (χ2n) is 6.77. The van der Waals surface area contributed by atoms with Crippen LogP contribution in [0.5, 0.6) is 11.5 Å². The SMILES string of the molecule is CCOc1ccccc1C(=O)Nc1cnc(-n2c(C(F)(F)F)nc3cc(OC)ccc32)cn1. The first-order chi connectivity index (χ1) is 15.8. The Labute approximate surface area is 186 Å². The molecule has 0 unspecified atom stereocenters. The summed E-state index contributed by atoms with van der Waals surface area (Å²) < 4.78 is 52.4. The van der Waals surface area contributed by atoms with Crippen LogP contribution in [0, 0.1) is 0 Å². The Morgan fingerprint density at radius 2 is 1.91 bits per heavy atom. The van der Waals surface area contributed by atoms with E-state index >= 15 is 0 Å². The minimum Gasteiger partial charge on any atom is -0.497 e. The van der Waals surface area contributed by atoms with Crippen molar-refractivity contribution in [3.05, 3.63) is 66.2 Å². The Hall–Kier alpha value is -4.15. The molecule has 2 aromatic carbocycles. The van der Waals surface area contributed by atoms with Gasteiger partial charge in [0.05, 0.1) is 42.7 Å². The molecule has 0 saturated heterocycles. The van der Waals surface area contributed by atoms with Gasteiger partial charge in [0.15, 0.2) is 11.6 Å². The Morgan fingerprint density at radius 3 is 2.58 bits per heavy atom. The number of hydrogen-bond acceptors (Lipinski definition) is 6. The maximum absolute atomic E-state index is 13.7. The maximum Gasteiger partial charge on any atom is 0.450 e. The lowest BCUT2D eigenvalue weighted by atomic mass is 10.2. The highest BCUT2D eigenvalue weighted by molar-refractivity contribution is 6.05. The molecule has 4 aromatic rings. The molecule has 0 saturated carbocycles. The number of alkyl halides is 3. The van der Waals surface area contributed by atoms with Crippen LogP contribution in [0.1, 0.15) is 23.1 Å². The van der Waals surface area contributed by atoms with Crippen molar-refractivity contribution in [2.75, 3.05) is 19.0 Å². The summed E-state index contributed by atoms with van der Waals surface area (Å²) in [6, 6.07) is 11.0. The minimum atomic E-state index is -4.73. The van der Waals surface area contributed by atoms with Gasteiger partial charge in [-0.2, -0.15) is 13.2 Å². The smallest absolute Gasteiger partial charge is 0.450 e. The molecule has 170 valence electrons. The molecule has 2 aromatic heterocycles. The average Bonchev–Trinajstić information content (AvgIpc) is 3.19. The number of fused-ring (bicyclic) bond motifs is 1. The topological polar surface area (TPSA) is 91.2 Å². The van der Waals surface area contributed by atoms with Crippen molar-refractivity contribution in [1.29, 1.82) is 0 Å². The molecule has 1 amide bonds. The highest BCUT2D eigenvalue weighted by atomic mass is 19.4. The van der Waals surface area contributed by atoms with E-state index in [0.29, 0.717) is 23.7 Å². The largest absolute Gasteiger partial charge is 0.497 e. The van der Waals surface area contributed by atoms with Gasteiger partial charge in [-0.1, -0.05) is 12.1 Å². The number of aromatic nitrogens is 4. The Balaban J connectivity index is 1.67. The van der Waals surface area contributed by atoms with Crippen molar-refractivity contribution in [3.8, 4) is 17.3 Å². The molecular formula is C22H18F3N5O3. The van der Waals surface area contributed by atoms with Gasteiger partial charge in [-0.05, 0) is 31.2 Å². The van der Waals surface area contributed by atoms with Crippen molar-refractivity contribution in [1.82, 2.24) is 19.5 Å². The number of ether oxygens (including phenoxy) is 2. The number of rotatable bonds is 6. The van der Waals surface area contributed by atoms with Crippen LogP contribution in [0.15, 0.2) is 54.9 Å². The number of carbonyl (C=O) groups excluding carboxylic acids is 1. The molecule has 0 aliphatic carbocycles. The highest BCUT2D eigenvalue weighted by Crippen LogP contribution is 2.34. The number of anilines is 1. The molecule has 33 heavy (non-hydrogen) atoms. The van der Waals surface area contributed by atoms with Crippen LogP contribution < -0.4 is 14.8 Å². The van der Waals surface area contributed by atoms with E-state index in [1.54, 1.807) is 31.2 Å². The summed E-state index contributed by atoms with van der Waals surface area (Å²) in [6.45, 7) is 2.18. The lowest BCUT2D eigenvalue weighted by molar-refractivity contribution is -0.145. The van der Waals surface area contributed by atoms with Crippen LogP contribution in [0.2, 0.25) is 0 Å². The molecule has 0 atom stereocenters. The van der Waals surface area contributed by atoms with Crippen molar-refractivity contribution in [2.24, 2.45) is 0 Å². The van der Waals surface area contributed by atoms with Gasteiger partial charge in [0.1, 0.15) is 11.5 Å². The van der Waals surface area contributed by atoms with Crippen LogP contribution in [-0.4, -0.2) is 39.1 Å². The number of nitrogens with one attached hydrogen (secondary N) is 1.